The molecule has 0 amide bonds. The lowest BCUT2D eigenvalue weighted by Crippen LogP contribution is -2.32. The fraction of sp³-hybridized carbons (Fsp3) is 1.00. The van der Waals surface area contributed by atoms with E-state index in [1.807, 2.05) is 13.8 Å². The molecule has 4 heteroatoms. The van der Waals surface area contributed by atoms with E-state index in [1.54, 1.807) is 0 Å². The average molecular weight is 304 g/mol. The van der Waals surface area contributed by atoms with E-state index in [1.165, 1.54) is 0 Å². The summed E-state index contributed by atoms with van der Waals surface area (Å²) in [5.41, 5.74) is -0.807. The van der Waals surface area contributed by atoms with Crippen LogP contribution in [0.4, 0.5) is 0 Å². The predicted octanol–water partition coefficient (Wildman–Crippen LogP) is 3.64. The van der Waals surface area contributed by atoms with Crippen molar-refractivity contribution in [3.05, 3.63) is 0 Å². The van der Waals surface area contributed by atoms with Gasteiger partial charge in [-0.25, -0.2) is 0 Å². The van der Waals surface area contributed by atoms with Crippen molar-refractivity contribution in [1.82, 2.24) is 0 Å². The van der Waals surface area contributed by atoms with E-state index in [2.05, 4.69) is 20.8 Å². The van der Waals surface area contributed by atoms with Crippen molar-refractivity contribution < 1.29 is 19.7 Å². The Balaban J connectivity index is 3.88. The Hall–Kier alpha value is -0.160. The van der Waals surface area contributed by atoms with Crippen LogP contribution >= 0.6 is 0 Å². The van der Waals surface area contributed by atoms with E-state index in [9.17, 15) is 5.11 Å². The number of aliphatic hydroxyl groups excluding tert-OH is 1. The molecule has 21 heavy (non-hydrogen) atoms. The molecule has 4 nitrogen and oxygen atoms in total. The van der Waals surface area contributed by atoms with E-state index < -0.39 is 5.60 Å². The molecule has 0 aliphatic rings. The number of unbranched alkanes of at least 4 members (excludes halogenated alkanes) is 2. The van der Waals surface area contributed by atoms with Crippen molar-refractivity contribution in [1.29, 1.82) is 0 Å². The van der Waals surface area contributed by atoms with Crippen molar-refractivity contribution >= 4 is 0 Å². The van der Waals surface area contributed by atoms with Gasteiger partial charge in [-0.1, -0.05) is 6.92 Å². The monoisotopic (exact) mass is 304 g/mol. The van der Waals surface area contributed by atoms with Crippen LogP contribution in [0.1, 0.15) is 79.6 Å². The summed E-state index contributed by atoms with van der Waals surface area (Å²) in [6.45, 7) is 10.8. The quantitative estimate of drug-likeness (QED) is 0.403. The molecule has 0 radical (unpaired) electrons. The molecule has 1 atom stereocenters. The topological polar surface area (TPSA) is 58.9 Å². The summed E-state index contributed by atoms with van der Waals surface area (Å²) >= 11 is 0. The second kappa shape index (κ2) is 10.5. The highest BCUT2D eigenvalue weighted by Crippen LogP contribution is 2.22. The maximum absolute atomic E-state index is 9.64. The SMILES string of the molecule is CCC(OCCCCC(C)(C)O)OC(C)(C)CCCCO. The molecule has 128 valence electrons. The molecule has 0 rings (SSSR count). The van der Waals surface area contributed by atoms with Gasteiger partial charge in [0.15, 0.2) is 6.29 Å². The van der Waals surface area contributed by atoms with Crippen LogP contribution in [0.2, 0.25) is 0 Å². The van der Waals surface area contributed by atoms with Crippen molar-refractivity contribution in [2.75, 3.05) is 13.2 Å². The van der Waals surface area contributed by atoms with Crippen LogP contribution in [0, 0.1) is 0 Å². The van der Waals surface area contributed by atoms with E-state index >= 15 is 0 Å². The lowest BCUT2D eigenvalue weighted by Gasteiger charge is -2.30. The first-order valence-electron chi connectivity index (χ1n) is 8.33. The molecule has 0 spiro atoms. The smallest absolute Gasteiger partial charge is 0.158 e. The first-order valence-corrected chi connectivity index (χ1v) is 8.33. The van der Waals surface area contributed by atoms with E-state index in [0.29, 0.717) is 6.61 Å². The molecule has 0 fully saturated rings. The van der Waals surface area contributed by atoms with Crippen LogP contribution in [0.3, 0.4) is 0 Å². The number of ether oxygens (including phenoxy) is 2. The minimum Gasteiger partial charge on any atom is -0.396 e. The maximum atomic E-state index is 9.64. The third-order valence-corrected chi connectivity index (χ3v) is 3.46. The van der Waals surface area contributed by atoms with Gasteiger partial charge >= 0.3 is 0 Å². The normalized spacial score (nSPS) is 14.4. The van der Waals surface area contributed by atoms with Crippen molar-refractivity contribution in [2.45, 2.75) is 97.1 Å². The van der Waals surface area contributed by atoms with E-state index in [4.69, 9.17) is 14.6 Å². The number of hydrogen-bond donors (Lipinski definition) is 2. The number of aliphatic hydroxyl groups is 2. The van der Waals surface area contributed by atoms with Gasteiger partial charge in [-0.15, -0.1) is 0 Å². The summed E-state index contributed by atoms with van der Waals surface area (Å²) in [7, 11) is 0. The molecule has 0 bridgehead atoms. The Bertz CT molecular complexity index is 246. The first kappa shape index (κ1) is 20.8. The maximum Gasteiger partial charge on any atom is 0.158 e. The molecule has 0 saturated heterocycles. The molecule has 2 N–H and O–H groups in total. The van der Waals surface area contributed by atoms with E-state index in [-0.39, 0.29) is 18.5 Å². The molecule has 0 saturated carbocycles. The summed E-state index contributed by atoms with van der Waals surface area (Å²) < 4.78 is 11.8. The van der Waals surface area contributed by atoms with Crippen LogP contribution < -0.4 is 0 Å². The lowest BCUT2D eigenvalue weighted by molar-refractivity contribution is -0.204. The second-order valence-corrected chi connectivity index (χ2v) is 7.04. The highest BCUT2D eigenvalue weighted by molar-refractivity contribution is 4.69. The van der Waals surface area contributed by atoms with Gasteiger partial charge < -0.3 is 19.7 Å². The highest BCUT2D eigenvalue weighted by Gasteiger charge is 2.23. The third-order valence-electron chi connectivity index (χ3n) is 3.46. The van der Waals surface area contributed by atoms with Crippen LogP contribution in [-0.4, -0.2) is 40.9 Å². The Morgan fingerprint density at radius 1 is 0.952 bits per heavy atom. The Labute approximate surface area is 130 Å². The minimum absolute atomic E-state index is 0.170. The molecule has 0 heterocycles. The molecule has 1 unspecified atom stereocenters. The fourth-order valence-corrected chi connectivity index (χ4v) is 2.19. The molecular formula is C17H36O4. The van der Waals surface area contributed by atoms with Gasteiger partial charge in [-0.3, -0.25) is 0 Å². The third kappa shape index (κ3) is 13.2. The van der Waals surface area contributed by atoms with Crippen molar-refractivity contribution in [3.63, 3.8) is 0 Å². The molecule has 0 aromatic heterocycles. The van der Waals surface area contributed by atoms with Gasteiger partial charge in [0, 0.05) is 13.2 Å². The zero-order valence-electron chi connectivity index (χ0n) is 14.7. The molecule has 0 aliphatic heterocycles. The zero-order valence-corrected chi connectivity index (χ0v) is 14.7. The molecule has 0 aliphatic carbocycles. The van der Waals surface area contributed by atoms with Gasteiger partial charge in [0.25, 0.3) is 0 Å². The zero-order chi connectivity index (χ0) is 16.4. The van der Waals surface area contributed by atoms with Crippen LogP contribution in [-0.2, 0) is 9.47 Å². The second-order valence-electron chi connectivity index (χ2n) is 7.04. The van der Waals surface area contributed by atoms with Gasteiger partial charge in [-0.05, 0) is 72.6 Å². The minimum atomic E-state index is -0.588. The van der Waals surface area contributed by atoms with Gasteiger partial charge in [0.2, 0.25) is 0 Å². The molecular weight excluding hydrogens is 268 g/mol. The van der Waals surface area contributed by atoms with Crippen molar-refractivity contribution in [2.24, 2.45) is 0 Å². The summed E-state index contributed by atoms with van der Waals surface area (Å²) in [5, 5.41) is 18.5. The van der Waals surface area contributed by atoms with Gasteiger partial charge in [0.05, 0.1) is 11.2 Å². The fourth-order valence-electron chi connectivity index (χ4n) is 2.19. The largest absolute Gasteiger partial charge is 0.396 e. The summed E-state index contributed by atoms with van der Waals surface area (Å²) in [5.74, 6) is 0. The van der Waals surface area contributed by atoms with Gasteiger partial charge in [0.1, 0.15) is 0 Å². The standard InChI is InChI=1S/C17H36O4/c1-6-15(20-14-10-8-11-16(2,3)19)21-17(4,5)12-7-9-13-18/h15,18-19H,6-14H2,1-5H3. The highest BCUT2D eigenvalue weighted by atomic mass is 16.7. The van der Waals surface area contributed by atoms with Crippen LogP contribution in [0.5, 0.6) is 0 Å². The van der Waals surface area contributed by atoms with Crippen LogP contribution in [0.25, 0.3) is 0 Å². The summed E-state index contributed by atoms with van der Waals surface area (Å²) in [4.78, 5) is 0. The Morgan fingerprint density at radius 3 is 2.10 bits per heavy atom. The lowest BCUT2D eigenvalue weighted by atomic mass is 10.0. The van der Waals surface area contributed by atoms with Gasteiger partial charge in [-0.2, -0.15) is 0 Å². The number of hydrogen-bond acceptors (Lipinski definition) is 4. The summed E-state index contributed by atoms with van der Waals surface area (Å²) in [6, 6.07) is 0. The van der Waals surface area contributed by atoms with Crippen molar-refractivity contribution in [3.8, 4) is 0 Å². The summed E-state index contributed by atoms with van der Waals surface area (Å²) in [6.07, 6.45) is 6.06. The Morgan fingerprint density at radius 2 is 1.57 bits per heavy atom. The molecule has 0 aromatic rings. The average Bonchev–Trinajstić information content (AvgIpc) is 2.35. The first-order chi connectivity index (χ1) is 9.70. The Kier molecular flexibility index (Phi) is 10.5. The van der Waals surface area contributed by atoms with E-state index in [0.717, 1.165) is 44.9 Å². The predicted molar refractivity (Wildman–Crippen MR) is 86.3 cm³/mol. The van der Waals surface area contributed by atoms with Crippen LogP contribution in [0.15, 0.2) is 0 Å². The number of rotatable bonds is 13. The molecule has 0 aromatic carbocycles.